The minimum absolute atomic E-state index is 0.0830. The highest BCUT2D eigenvalue weighted by molar-refractivity contribution is 7.96. The van der Waals surface area contributed by atoms with E-state index in [1.54, 1.807) is 48.5 Å². The van der Waals surface area contributed by atoms with E-state index in [2.05, 4.69) is 37.1 Å². The van der Waals surface area contributed by atoms with Crippen LogP contribution in [0.1, 0.15) is 26.7 Å². The monoisotopic (exact) mass is 619 g/mol. The standard InChI is InChI=1S/C29H31Cl2N3O6S/c1-29(2)20-14-34(23(22(20)29)25(36)33-21(27(38)41)13-15-11-12-32-24(15)35)26(37)28(39-18-7-3-16(30)4-8-18)40-19-9-5-17(31)6-10-19/h3-10,15,20-23,28H,11-14H2,1-2H3,(H,32,35)(H,33,36)(H,38,41)/t15-,20-,21-,22-,23-/m0/s1. The fraction of sp³-hybridized carbons (Fsp3) is 0.448. The second-order valence-corrected chi connectivity index (χ2v) is 12.6. The van der Waals surface area contributed by atoms with E-state index in [1.165, 1.54) is 4.90 Å². The number of carbonyl (C=O) groups excluding carboxylic acids is 4. The van der Waals surface area contributed by atoms with Crippen molar-refractivity contribution in [3.63, 3.8) is 0 Å². The minimum Gasteiger partial charge on any atom is -0.446 e. The summed E-state index contributed by atoms with van der Waals surface area (Å²) in [5.41, 5.74) is -0.172. The van der Waals surface area contributed by atoms with Gasteiger partial charge < -0.3 is 25.0 Å². The van der Waals surface area contributed by atoms with Gasteiger partial charge in [0.1, 0.15) is 17.5 Å². The molecule has 0 unspecified atom stereocenters. The molecular weight excluding hydrogens is 589 g/mol. The van der Waals surface area contributed by atoms with E-state index in [0.717, 1.165) is 0 Å². The third kappa shape index (κ3) is 6.29. The number of nitrogens with one attached hydrogen (secondary N) is 2. The molecule has 2 N–H and O–H groups in total. The van der Waals surface area contributed by atoms with Crippen LogP contribution in [0.3, 0.4) is 0 Å². The molecule has 0 bridgehead atoms. The number of hydrogen-bond donors (Lipinski definition) is 3. The summed E-state index contributed by atoms with van der Waals surface area (Å²) in [5, 5.41) is 5.99. The number of amides is 3. The van der Waals surface area contributed by atoms with Crippen LogP contribution in [-0.2, 0) is 19.2 Å². The van der Waals surface area contributed by atoms with Crippen molar-refractivity contribution in [3.05, 3.63) is 58.6 Å². The molecule has 12 heteroatoms. The zero-order valence-corrected chi connectivity index (χ0v) is 24.9. The summed E-state index contributed by atoms with van der Waals surface area (Å²) in [5.74, 6) is -0.899. The predicted octanol–water partition coefficient (Wildman–Crippen LogP) is 3.73. The van der Waals surface area contributed by atoms with Crippen molar-refractivity contribution in [2.75, 3.05) is 13.1 Å². The third-order valence-corrected chi connectivity index (χ3v) is 9.19. The van der Waals surface area contributed by atoms with E-state index in [4.69, 9.17) is 32.7 Å². The van der Waals surface area contributed by atoms with E-state index >= 15 is 0 Å². The SMILES string of the molecule is CC1(C)[C@@H]2[C@@H](C(=O)N[C@@H](C[C@@H]3CCNC3=O)C(=O)S)N(C(=O)C(Oc3ccc(Cl)cc3)Oc3ccc(Cl)cc3)C[C@@H]21. The minimum atomic E-state index is -1.42. The van der Waals surface area contributed by atoms with Gasteiger partial charge in [-0.1, -0.05) is 37.0 Å². The van der Waals surface area contributed by atoms with Crippen LogP contribution in [0.2, 0.25) is 10.0 Å². The van der Waals surface area contributed by atoms with E-state index in [0.29, 0.717) is 41.1 Å². The van der Waals surface area contributed by atoms with Gasteiger partial charge in [0.05, 0.1) is 6.04 Å². The molecule has 5 rings (SSSR count). The molecule has 41 heavy (non-hydrogen) atoms. The van der Waals surface area contributed by atoms with Crippen LogP contribution in [-0.4, -0.2) is 59.2 Å². The van der Waals surface area contributed by atoms with Gasteiger partial charge in [0.25, 0.3) is 0 Å². The average molecular weight is 621 g/mol. The number of ether oxygens (including phenoxy) is 2. The molecule has 2 saturated heterocycles. The number of hydrogen-bond acceptors (Lipinski definition) is 6. The van der Waals surface area contributed by atoms with Crippen molar-refractivity contribution in [1.82, 2.24) is 15.5 Å². The molecular formula is C29H31Cl2N3O6S. The molecule has 218 valence electrons. The molecule has 9 nitrogen and oxygen atoms in total. The largest absolute Gasteiger partial charge is 0.446 e. The van der Waals surface area contributed by atoms with Crippen molar-refractivity contribution in [2.24, 2.45) is 23.2 Å². The second kappa shape index (κ2) is 11.7. The maximum Gasteiger partial charge on any atom is 0.321 e. The van der Waals surface area contributed by atoms with Gasteiger partial charge in [-0.15, -0.1) is 12.6 Å². The highest BCUT2D eigenvalue weighted by Gasteiger charge is 2.70. The summed E-state index contributed by atoms with van der Waals surface area (Å²) in [6.45, 7) is 4.96. The van der Waals surface area contributed by atoms with Crippen LogP contribution in [0.25, 0.3) is 0 Å². The number of benzene rings is 2. The number of nitrogens with zero attached hydrogens (tertiary/aromatic N) is 1. The Morgan fingerprint density at radius 3 is 2.10 bits per heavy atom. The third-order valence-electron chi connectivity index (χ3n) is 8.37. The zero-order chi connectivity index (χ0) is 29.5. The predicted molar refractivity (Wildman–Crippen MR) is 156 cm³/mol. The lowest BCUT2D eigenvalue weighted by Gasteiger charge is -2.33. The molecule has 2 aliphatic heterocycles. The van der Waals surface area contributed by atoms with Gasteiger partial charge in [0, 0.05) is 29.1 Å². The van der Waals surface area contributed by atoms with Gasteiger partial charge in [0.15, 0.2) is 0 Å². The summed E-state index contributed by atoms with van der Waals surface area (Å²) in [6, 6.07) is 11.1. The first kappa shape index (κ1) is 29.5. The summed E-state index contributed by atoms with van der Waals surface area (Å²) >= 11 is 16.0. The summed E-state index contributed by atoms with van der Waals surface area (Å²) in [4.78, 5) is 53.7. The highest BCUT2D eigenvalue weighted by Crippen LogP contribution is 2.65. The Morgan fingerprint density at radius 2 is 1.61 bits per heavy atom. The molecule has 1 aliphatic carbocycles. The Hall–Kier alpha value is -2.95. The van der Waals surface area contributed by atoms with E-state index in [1.807, 2.05) is 0 Å². The number of fused-ring (bicyclic) bond motifs is 1. The molecule has 0 radical (unpaired) electrons. The van der Waals surface area contributed by atoms with Crippen LogP contribution >= 0.6 is 35.8 Å². The molecule has 2 heterocycles. The maximum atomic E-state index is 14.0. The molecule has 5 atom stereocenters. The Morgan fingerprint density at radius 1 is 1.05 bits per heavy atom. The fourth-order valence-corrected chi connectivity index (χ4v) is 6.40. The molecule has 0 spiro atoms. The lowest BCUT2D eigenvalue weighted by atomic mass is 9.97. The first-order valence-electron chi connectivity index (χ1n) is 13.4. The van der Waals surface area contributed by atoms with Gasteiger partial charge in [-0.25, -0.2) is 0 Å². The molecule has 3 fully saturated rings. The Labute approximate surface area is 253 Å². The van der Waals surface area contributed by atoms with Crippen LogP contribution < -0.4 is 20.1 Å². The van der Waals surface area contributed by atoms with Gasteiger partial charge in [-0.2, -0.15) is 0 Å². The number of likely N-dealkylation sites (tertiary alicyclic amines) is 1. The molecule has 3 aliphatic rings. The quantitative estimate of drug-likeness (QED) is 0.276. The number of rotatable bonds is 10. The average Bonchev–Trinajstić information content (AvgIpc) is 3.27. The lowest BCUT2D eigenvalue weighted by molar-refractivity contribution is -0.157. The smallest absolute Gasteiger partial charge is 0.321 e. The Balaban J connectivity index is 1.38. The van der Waals surface area contributed by atoms with Crippen molar-refractivity contribution >= 4 is 58.7 Å². The van der Waals surface area contributed by atoms with Crippen molar-refractivity contribution < 1.29 is 28.7 Å². The molecule has 3 amide bonds. The highest BCUT2D eigenvalue weighted by atomic mass is 35.5. The van der Waals surface area contributed by atoms with Crippen molar-refractivity contribution in [1.29, 1.82) is 0 Å². The maximum absolute atomic E-state index is 14.0. The second-order valence-electron chi connectivity index (χ2n) is 11.3. The van der Waals surface area contributed by atoms with E-state index in [9.17, 15) is 19.2 Å². The number of thiol groups is 1. The van der Waals surface area contributed by atoms with E-state index < -0.39 is 41.2 Å². The summed E-state index contributed by atoms with van der Waals surface area (Å²) in [7, 11) is 0. The molecule has 2 aromatic carbocycles. The summed E-state index contributed by atoms with van der Waals surface area (Å²) < 4.78 is 12.0. The van der Waals surface area contributed by atoms with E-state index in [-0.39, 0.29) is 29.6 Å². The van der Waals surface area contributed by atoms with Crippen LogP contribution in [0, 0.1) is 23.2 Å². The first-order valence-corrected chi connectivity index (χ1v) is 14.6. The van der Waals surface area contributed by atoms with Gasteiger partial charge in [-0.3, -0.25) is 19.2 Å². The topological polar surface area (TPSA) is 114 Å². The normalized spacial score (nSPS) is 24.8. The van der Waals surface area contributed by atoms with Gasteiger partial charge in [-0.05, 0) is 78.6 Å². The zero-order valence-electron chi connectivity index (χ0n) is 22.5. The van der Waals surface area contributed by atoms with Crippen LogP contribution in [0.15, 0.2) is 48.5 Å². The summed E-state index contributed by atoms with van der Waals surface area (Å²) in [6.07, 6.45) is -0.707. The molecule has 0 aromatic heterocycles. The fourth-order valence-electron chi connectivity index (χ4n) is 5.98. The first-order chi connectivity index (χ1) is 19.5. The number of piperidine rings is 1. The Bertz CT molecular complexity index is 1290. The number of carbonyl (C=O) groups is 4. The van der Waals surface area contributed by atoms with Gasteiger partial charge >= 0.3 is 12.2 Å². The van der Waals surface area contributed by atoms with Crippen LogP contribution in [0.5, 0.6) is 11.5 Å². The van der Waals surface area contributed by atoms with Crippen LogP contribution in [0.4, 0.5) is 0 Å². The lowest BCUT2D eigenvalue weighted by Crippen LogP contribution is -2.56. The number of halogens is 2. The Kier molecular flexibility index (Phi) is 8.46. The van der Waals surface area contributed by atoms with Crippen molar-refractivity contribution in [3.8, 4) is 11.5 Å². The molecule has 1 saturated carbocycles. The van der Waals surface area contributed by atoms with Gasteiger partial charge in [0.2, 0.25) is 16.9 Å². The van der Waals surface area contributed by atoms with Crippen molar-refractivity contribution in [2.45, 2.75) is 45.1 Å². The molecule has 2 aromatic rings.